The Hall–Kier alpha value is -3.14. The standard InChI is InChI=1S/C20H14O4/c21-19-10-9-13(11-23-19)20(22)24-12-18-16-7-3-1-5-14(16)15-6-2-4-8-17(15)18/h1-11,18H,12H2. The fraction of sp³-hybridized carbons (Fsp3) is 0.100. The molecule has 0 aliphatic heterocycles. The summed E-state index contributed by atoms with van der Waals surface area (Å²) in [5, 5.41) is 0. The zero-order valence-electron chi connectivity index (χ0n) is 12.8. The molecule has 4 heteroatoms. The largest absolute Gasteiger partial charge is 0.461 e. The van der Waals surface area contributed by atoms with Crippen molar-refractivity contribution in [2.24, 2.45) is 0 Å². The van der Waals surface area contributed by atoms with Gasteiger partial charge >= 0.3 is 11.6 Å². The van der Waals surface area contributed by atoms with Gasteiger partial charge in [-0.2, -0.15) is 0 Å². The first-order valence-electron chi connectivity index (χ1n) is 7.68. The highest BCUT2D eigenvalue weighted by atomic mass is 16.5. The Kier molecular flexibility index (Phi) is 3.50. The molecule has 0 N–H and O–H groups in total. The second-order valence-electron chi connectivity index (χ2n) is 5.67. The van der Waals surface area contributed by atoms with E-state index in [9.17, 15) is 9.59 Å². The summed E-state index contributed by atoms with van der Waals surface area (Å²) in [5.74, 6) is -0.488. The number of fused-ring (bicyclic) bond motifs is 3. The summed E-state index contributed by atoms with van der Waals surface area (Å²) in [6.07, 6.45) is 1.13. The number of carbonyl (C=O) groups is 1. The smallest absolute Gasteiger partial charge is 0.341 e. The third kappa shape index (κ3) is 2.42. The third-order valence-electron chi connectivity index (χ3n) is 4.28. The van der Waals surface area contributed by atoms with E-state index in [1.165, 1.54) is 23.3 Å². The molecule has 1 heterocycles. The van der Waals surface area contributed by atoms with E-state index < -0.39 is 11.6 Å². The van der Waals surface area contributed by atoms with Gasteiger partial charge < -0.3 is 9.15 Å². The van der Waals surface area contributed by atoms with Gasteiger partial charge in [0.15, 0.2) is 0 Å². The number of rotatable bonds is 3. The van der Waals surface area contributed by atoms with Crippen LogP contribution in [0.2, 0.25) is 0 Å². The minimum absolute atomic E-state index is 0.0112. The quantitative estimate of drug-likeness (QED) is 0.692. The van der Waals surface area contributed by atoms with E-state index in [1.807, 2.05) is 24.3 Å². The van der Waals surface area contributed by atoms with Gasteiger partial charge in [-0.3, -0.25) is 0 Å². The summed E-state index contributed by atoms with van der Waals surface area (Å²) in [4.78, 5) is 23.1. The monoisotopic (exact) mass is 318 g/mol. The molecule has 1 aliphatic rings. The van der Waals surface area contributed by atoms with E-state index in [-0.39, 0.29) is 18.1 Å². The van der Waals surface area contributed by atoms with Crippen molar-refractivity contribution in [2.75, 3.05) is 6.61 Å². The average Bonchev–Trinajstić information content (AvgIpc) is 2.94. The lowest BCUT2D eigenvalue weighted by molar-refractivity contribution is 0.0490. The van der Waals surface area contributed by atoms with Gasteiger partial charge in [-0.05, 0) is 28.3 Å². The van der Waals surface area contributed by atoms with Crippen molar-refractivity contribution in [1.29, 1.82) is 0 Å². The van der Waals surface area contributed by atoms with Crippen LogP contribution in [-0.2, 0) is 4.74 Å². The predicted molar refractivity (Wildman–Crippen MR) is 89.0 cm³/mol. The molecule has 0 atom stereocenters. The molecule has 0 fully saturated rings. The predicted octanol–water partition coefficient (Wildman–Crippen LogP) is 3.61. The summed E-state index contributed by atoms with van der Waals surface area (Å²) < 4.78 is 10.2. The SMILES string of the molecule is O=C(OCC1c2ccccc2-c2ccccc21)c1ccc(=O)oc1. The molecule has 118 valence electrons. The maximum Gasteiger partial charge on any atom is 0.341 e. The van der Waals surface area contributed by atoms with Gasteiger partial charge in [-0.25, -0.2) is 9.59 Å². The maximum atomic E-state index is 12.2. The molecule has 1 aromatic heterocycles. The van der Waals surface area contributed by atoms with Crippen LogP contribution in [0.3, 0.4) is 0 Å². The molecule has 24 heavy (non-hydrogen) atoms. The van der Waals surface area contributed by atoms with Gasteiger partial charge in [0.1, 0.15) is 12.9 Å². The second-order valence-corrected chi connectivity index (χ2v) is 5.67. The van der Waals surface area contributed by atoms with Crippen LogP contribution in [0.4, 0.5) is 0 Å². The summed E-state index contributed by atoms with van der Waals surface area (Å²) in [6.45, 7) is 0.242. The minimum atomic E-state index is -0.499. The molecule has 0 unspecified atom stereocenters. The number of esters is 1. The van der Waals surface area contributed by atoms with Crippen molar-refractivity contribution in [3.63, 3.8) is 0 Å². The molecular weight excluding hydrogens is 304 g/mol. The van der Waals surface area contributed by atoms with Crippen LogP contribution in [0.15, 0.2) is 76.1 Å². The fourth-order valence-corrected chi connectivity index (χ4v) is 3.16. The Bertz CT molecular complexity index is 905. The minimum Gasteiger partial charge on any atom is -0.461 e. The first kappa shape index (κ1) is 14.5. The lowest BCUT2D eigenvalue weighted by Gasteiger charge is -2.14. The zero-order chi connectivity index (χ0) is 16.5. The summed E-state index contributed by atoms with van der Waals surface area (Å²) >= 11 is 0. The van der Waals surface area contributed by atoms with Crippen LogP contribution in [0.5, 0.6) is 0 Å². The Balaban J connectivity index is 1.60. The molecular formula is C20H14O4. The first-order chi connectivity index (χ1) is 11.7. The Morgan fingerprint density at radius 3 is 2.12 bits per heavy atom. The molecule has 0 bridgehead atoms. The van der Waals surface area contributed by atoms with E-state index >= 15 is 0 Å². The van der Waals surface area contributed by atoms with Gasteiger partial charge in [0.25, 0.3) is 0 Å². The van der Waals surface area contributed by atoms with Crippen molar-refractivity contribution in [3.8, 4) is 11.1 Å². The number of benzene rings is 2. The van der Waals surface area contributed by atoms with E-state index in [0.717, 1.165) is 17.4 Å². The van der Waals surface area contributed by atoms with Crippen LogP contribution in [0, 0.1) is 0 Å². The van der Waals surface area contributed by atoms with Crippen LogP contribution in [0.25, 0.3) is 11.1 Å². The highest BCUT2D eigenvalue weighted by Crippen LogP contribution is 2.44. The van der Waals surface area contributed by atoms with Gasteiger partial charge in [0.05, 0.1) is 5.56 Å². The lowest BCUT2D eigenvalue weighted by Crippen LogP contribution is -2.13. The number of hydrogen-bond donors (Lipinski definition) is 0. The van der Waals surface area contributed by atoms with Crippen molar-refractivity contribution in [1.82, 2.24) is 0 Å². The van der Waals surface area contributed by atoms with Gasteiger partial charge in [-0.15, -0.1) is 0 Å². The molecule has 3 aromatic rings. The van der Waals surface area contributed by atoms with Crippen molar-refractivity contribution in [2.45, 2.75) is 5.92 Å². The Labute approximate surface area is 138 Å². The van der Waals surface area contributed by atoms with Gasteiger partial charge in [0, 0.05) is 12.0 Å². The maximum absolute atomic E-state index is 12.2. The van der Waals surface area contributed by atoms with E-state index in [1.54, 1.807) is 0 Å². The summed E-state index contributed by atoms with van der Waals surface area (Å²) in [6, 6.07) is 18.9. The average molecular weight is 318 g/mol. The molecule has 1 aliphatic carbocycles. The normalized spacial score (nSPS) is 12.5. The zero-order valence-corrected chi connectivity index (χ0v) is 12.8. The second kappa shape index (κ2) is 5.81. The summed E-state index contributed by atoms with van der Waals surface area (Å²) in [5.41, 5.74) is 4.41. The fourth-order valence-electron chi connectivity index (χ4n) is 3.16. The van der Waals surface area contributed by atoms with Gasteiger partial charge in [-0.1, -0.05) is 48.5 Å². The number of hydrogen-bond acceptors (Lipinski definition) is 4. The van der Waals surface area contributed by atoms with Crippen molar-refractivity contribution < 1.29 is 13.9 Å². The van der Waals surface area contributed by atoms with Crippen LogP contribution < -0.4 is 5.63 Å². The molecule has 0 saturated heterocycles. The summed E-state index contributed by atoms with van der Waals surface area (Å²) in [7, 11) is 0. The number of carbonyl (C=O) groups excluding carboxylic acids is 1. The molecule has 4 nitrogen and oxygen atoms in total. The first-order valence-corrected chi connectivity index (χ1v) is 7.68. The molecule has 0 saturated carbocycles. The molecule has 4 rings (SSSR count). The highest BCUT2D eigenvalue weighted by Gasteiger charge is 2.29. The van der Waals surface area contributed by atoms with Crippen LogP contribution >= 0.6 is 0 Å². The highest BCUT2D eigenvalue weighted by molar-refractivity contribution is 5.89. The van der Waals surface area contributed by atoms with E-state index in [2.05, 4.69) is 24.3 Å². The third-order valence-corrected chi connectivity index (χ3v) is 4.28. The van der Waals surface area contributed by atoms with Crippen molar-refractivity contribution in [3.05, 3.63) is 94.0 Å². The van der Waals surface area contributed by atoms with E-state index in [4.69, 9.17) is 9.15 Å². The van der Waals surface area contributed by atoms with Crippen LogP contribution in [-0.4, -0.2) is 12.6 Å². The number of ether oxygens (including phenoxy) is 1. The van der Waals surface area contributed by atoms with Crippen LogP contribution in [0.1, 0.15) is 27.4 Å². The van der Waals surface area contributed by atoms with Crippen molar-refractivity contribution >= 4 is 5.97 Å². The molecule has 0 radical (unpaired) electrons. The Morgan fingerprint density at radius 2 is 1.54 bits per heavy atom. The Morgan fingerprint density at radius 1 is 0.917 bits per heavy atom. The molecule has 0 amide bonds. The van der Waals surface area contributed by atoms with Gasteiger partial charge in [0.2, 0.25) is 0 Å². The topological polar surface area (TPSA) is 56.5 Å². The molecule has 0 spiro atoms. The lowest BCUT2D eigenvalue weighted by atomic mass is 9.98. The molecule has 2 aromatic carbocycles. The van der Waals surface area contributed by atoms with E-state index in [0.29, 0.717) is 0 Å².